The van der Waals surface area contributed by atoms with Crippen molar-refractivity contribution < 1.29 is 111 Å². The van der Waals surface area contributed by atoms with Crippen molar-refractivity contribution in [1.29, 1.82) is 0 Å². The summed E-state index contributed by atoms with van der Waals surface area (Å²) in [5.74, 6) is -0.788. The van der Waals surface area contributed by atoms with E-state index in [0.29, 0.717) is 45.4 Å². The molecule has 1 fully saturated rings. The predicted molar refractivity (Wildman–Crippen MR) is 110 cm³/mol. The van der Waals surface area contributed by atoms with Gasteiger partial charge in [-0.05, 0) is 41.0 Å². The van der Waals surface area contributed by atoms with Crippen LogP contribution in [0.2, 0.25) is 0 Å². The number of fused-ring (bicyclic) bond motifs is 3. The molecule has 0 N–H and O–H groups in total. The third-order valence-corrected chi connectivity index (χ3v) is 6.89. The number of rotatable bonds is 6. The van der Waals surface area contributed by atoms with Crippen LogP contribution in [0.3, 0.4) is 0 Å². The molecule has 0 radical (unpaired) electrons. The van der Waals surface area contributed by atoms with Crippen molar-refractivity contribution in [3.8, 4) is 28.7 Å². The average molecular weight is 538 g/mol. The second-order valence-corrected chi connectivity index (χ2v) is 9.17. The Balaban J connectivity index is 0.00000180. The van der Waals surface area contributed by atoms with Gasteiger partial charge in [0.05, 0.1) is 47.8 Å². The summed E-state index contributed by atoms with van der Waals surface area (Å²) in [6.07, 6.45) is -1.22. The van der Waals surface area contributed by atoms with Gasteiger partial charge in [-0.15, -0.1) is 0 Å². The summed E-state index contributed by atoms with van der Waals surface area (Å²) in [5, 5.41) is 0. The molecule has 11 nitrogen and oxygen atoms in total. The van der Waals surface area contributed by atoms with Gasteiger partial charge in [0.15, 0.2) is 23.0 Å². The Morgan fingerprint density at radius 1 is 0.889 bits per heavy atom. The van der Waals surface area contributed by atoms with Crippen LogP contribution in [0.5, 0.6) is 28.7 Å². The number of phosphoric ester groups is 1. The fraction of sp³-hybridized carbons (Fsp3) is 0.409. The van der Waals surface area contributed by atoms with E-state index in [1.165, 1.54) is 21.3 Å². The van der Waals surface area contributed by atoms with E-state index in [1.807, 2.05) is 0 Å². The van der Waals surface area contributed by atoms with Gasteiger partial charge in [-0.1, -0.05) is 0 Å². The first kappa shape index (κ1) is 29.6. The summed E-state index contributed by atoms with van der Waals surface area (Å²) < 4.78 is 49.3. The molecule has 2 aromatic rings. The molecule has 0 saturated carbocycles. The van der Waals surface area contributed by atoms with Gasteiger partial charge < -0.3 is 47.3 Å². The predicted octanol–water partition coefficient (Wildman–Crippen LogP) is -4.73. The fourth-order valence-corrected chi connectivity index (χ4v) is 5.62. The molecule has 14 heteroatoms. The fourth-order valence-electron chi connectivity index (χ4n) is 5.07. The monoisotopic (exact) mass is 538 g/mol. The molecule has 1 saturated heterocycles. The van der Waals surface area contributed by atoms with Crippen LogP contribution in [-0.2, 0) is 18.6 Å². The minimum absolute atomic E-state index is 0. The molecule has 0 aromatic heterocycles. The molecule has 2 aliphatic heterocycles. The quantitative estimate of drug-likeness (QED) is 0.199. The minimum Gasteiger partial charge on any atom is -0.790 e. The molecule has 2 heterocycles. The SMILES string of the molecule is COc1cc([C@@H]2c3cc4c(cc3[C@H](OP(=O)([O-])[O-])[C@H]3COC(=O)[C@@H]23)OCO4)cc(OC)c1OC.[Na+].[Na+]. The van der Waals surface area contributed by atoms with Gasteiger partial charge in [0.25, 0.3) is 0 Å². The summed E-state index contributed by atoms with van der Waals surface area (Å²) in [7, 11) is -0.969. The number of hydrogen-bond donors (Lipinski definition) is 0. The molecule has 4 atom stereocenters. The molecular weight excluding hydrogens is 517 g/mol. The van der Waals surface area contributed by atoms with Crippen LogP contribution in [0.1, 0.15) is 28.7 Å². The Labute approximate surface area is 251 Å². The minimum atomic E-state index is -5.40. The van der Waals surface area contributed by atoms with E-state index in [-0.39, 0.29) is 72.5 Å². The van der Waals surface area contributed by atoms with Crippen LogP contribution in [0.4, 0.5) is 0 Å². The second-order valence-electron chi connectivity index (χ2n) is 8.06. The van der Waals surface area contributed by atoms with Gasteiger partial charge in [-0.2, -0.15) is 0 Å². The number of ether oxygens (including phenoxy) is 6. The van der Waals surface area contributed by atoms with Crippen molar-refractivity contribution in [3.05, 3.63) is 41.0 Å². The Kier molecular flexibility index (Phi) is 9.37. The largest absolute Gasteiger partial charge is 1.00 e. The Morgan fingerprint density at radius 2 is 1.47 bits per heavy atom. The Hall–Kier alpha value is -0.980. The molecule has 182 valence electrons. The van der Waals surface area contributed by atoms with Gasteiger partial charge in [-0.3, -0.25) is 4.79 Å². The first-order valence-electron chi connectivity index (χ1n) is 10.4. The van der Waals surface area contributed by atoms with E-state index in [0.717, 1.165) is 0 Å². The number of hydrogen-bond acceptors (Lipinski definition) is 11. The maximum Gasteiger partial charge on any atom is 1.00 e. The summed E-state index contributed by atoms with van der Waals surface area (Å²) in [6, 6.07) is 6.69. The Morgan fingerprint density at radius 3 is 2.00 bits per heavy atom. The number of cyclic esters (lactones) is 1. The van der Waals surface area contributed by atoms with Crippen molar-refractivity contribution in [1.82, 2.24) is 0 Å². The number of phosphoric acid groups is 1. The summed E-state index contributed by atoms with van der Waals surface area (Å²) in [6.45, 7) is -0.127. The molecule has 36 heavy (non-hydrogen) atoms. The van der Waals surface area contributed by atoms with Gasteiger partial charge in [0.2, 0.25) is 12.5 Å². The van der Waals surface area contributed by atoms with Crippen LogP contribution in [0.15, 0.2) is 24.3 Å². The number of carbonyl (C=O) groups excluding carboxylic acids is 1. The molecule has 3 aliphatic rings. The molecule has 0 amide bonds. The number of methoxy groups -OCH3 is 3. The van der Waals surface area contributed by atoms with Crippen LogP contribution < -0.4 is 92.6 Å². The molecule has 1 aliphatic carbocycles. The number of esters is 1. The van der Waals surface area contributed by atoms with E-state index in [4.69, 9.17) is 32.9 Å². The van der Waals surface area contributed by atoms with Crippen molar-refractivity contribution >= 4 is 13.8 Å². The van der Waals surface area contributed by atoms with E-state index in [2.05, 4.69) is 0 Å². The van der Waals surface area contributed by atoms with Crippen LogP contribution in [0, 0.1) is 11.8 Å². The van der Waals surface area contributed by atoms with Crippen molar-refractivity contribution in [2.24, 2.45) is 11.8 Å². The van der Waals surface area contributed by atoms with Crippen molar-refractivity contribution in [2.75, 3.05) is 34.7 Å². The van der Waals surface area contributed by atoms with E-state index >= 15 is 0 Å². The normalized spacial score (nSPS) is 23.4. The first-order chi connectivity index (χ1) is 16.3. The standard InChI is InChI=1S/C22H23O11P.2Na/c1-27-16-4-10(5-17(28-2)21(16)29-3)18-11-6-14-15(32-9-31-14)7-12(11)20(33-34(24,25)26)13-8-30-22(23)19(13)18;;/h4-7,13,18-20H,8-9H2,1-3H3,(H2,24,25,26);;/q;2*+1/p-2/t13-,18+,19+,20-;;/m0../s1. The zero-order chi connectivity index (χ0) is 24.2. The Bertz CT molecular complexity index is 1180. The third-order valence-electron chi connectivity index (χ3n) is 6.41. The first-order valence-corrected chi connectivity index (χ1v) is 11.8. The van der Waals surface area contributed by atoms with Crippen LogP contribution >= 0.6 is 7.82 Å². The molecule has 2 aromatic carbocycles. The van der Waals surface area contributed by atoms with Gasteiger partial charge in [-0.25, -0.2) is 0 Å². The molecule has 0 spiro atoms. The van der Waals surface area contributed by atoms with Crippen LogP contribution in [0.25, 0.3) is 0 Å². The maximum atomic E-state index is 12.9. The summed E-state index contributed by atoms with van der Waals surface area (Å²) in [5.41, 5.74) is 1.57. The summed E-state index contributed by atoms with van der Waals surface area (Å²) in [4.78, 5) is 36.2. The van der Waals surface area contributed by atoms with E-state index < -0.39 is 37.6 Å². The van der Waals surface area contributed by atoms with Gasteiger partial charge in [0, 0.05) is 11.8 Å². The molecular formula is C22H21Na2O11P. The molecule has 0 bridgehead atoms. The zero-order valence-corrected chi connectivity index (χ0v) is 25.4. The smallest absolute Gasteiger partial charge is 0.790 e. The summed E-state index contributed by atoms with van der Waals surface area (Å²) >= 11 is 0. The van der Waals surface area contributed by atoms with Gasteiger partial charge in [0.1, 0.15) is 0 Å². The molecule has 5 rings (SSSR count). The van der Waals surface area contributed by atoms with Crippen molar-refractivity contribution in [3.63, 3.8) is 0 Å². The molecule has 0 unspecified atom stereocenters. The van der Waals surface area contributed by atoms with Gasteiger partial charge >= 0.3 is 65.1 Å². The topological polar surface area (TPSA) is 145 Å². The van der Waals surface area contributed by atoms with Crippen molar-refractivity contribution in [2.45, 2.75) is 12.0 Å². The second kappa shape index (κ2) is 11.4. The number of carbonyl (C=O) groups is 1. The third kappa shape index (κ3) is 5.16. The maximum absolute atomic E-state index is 12.9. The van der Waals surface area contributed by atoms with E-state index in [1.54, 1.807) is 24.3 Å². The van der Waals surface area contributed by atoms with Crippen LogP contribution in [-0.4, -0.2) is 40.7 Å². The van der Waals surface area contributed by atoms with E-state index in [9.17, 15) is 19.1 Å². The zero-order valence-electron chi connectivity index (χ0n) is 20.5. The average Bonchev–Trinajstić information content (AvgIpc) is 3.42. The number of benzene rings is 2.